The fraction of sp³-hybridized carbons (Fsp3) is 0.111. The Kier molecular flexibility index (Phi) is 12.6. The second-order valence-corrected chi connectivity index (χ2v) is 22.4. The van der Waals surface area contributed by atoms with Crippen molar-refractivity contribution < 1.29 is 0 Å². The van der Waals surface area contributed by atoms with Crippen molar-refractivity contribution in [1.29, 1.82) is 0 Å². The van der Waals surface area contributed by atoms with E-state index in [0.29, 0.717) is 46.7 Å². The van der Waals surface area contributed by atoms with Crippen LogP contribution in [0.5, 0.6) is 0 Å². The average Bonchev–Trinajstić information content (AvgIpc) is 4.23. The molecule has 0 aromatic heterocycles. The van der Waals surface area contributed by atoms with Crippen LogP contribution in [0.25, 0.3) is 0 Å². The average molecular weight is 1170 g/mol. The van der Waals surface area contributed by atoms with E-state index in [1.165, 1.54) is 44.8 Å². The van der Waals surface area contributed by atoms with Gasteiger partial charge in [0.1, 0.15) is 0 Å². The maximum atomic E-state index is 4.67. The van der Waals surface area contributed by atoms with Gasteiger partial charge in [-0.15, -0.1) is 0 Å². The summed E-state index contributed by atoms with van der Waals surface area (Å²) in [6.07, 6.45) is 1.08. The molecule has 0 saturated heterocycles. The molecule has 12 heteroatoms. The van der Waals surface area contributed by atoms with Crippen LogP contribution >= 0.6 is 47.8 Å². The molecule has 0 amide bonds. The van der Waals surface area contributed by atoms with E-state index in [4.69, 9.17) is 0 Å². The molecule has 14 rings (SSSR count). The summed E-state index contributed by atoms with van der Waals surface area (Å²) in [5, 5.41) is 0. The fourth-order valence-corrected chi connectivity index (χ4v) is 11.1. The minimum absolute atomic E-state index is 0.0769. The molecule has 0 unspecified atom stereocenters. The molecule has 0 fully saturated rings. The Morgan fingerprint density at radius 3 is 0.920 bits per heavy atom. The van der Waals surface area contributed by atoms with Crippen molar-refractivity contribution in [2.45, 2.75) is 44.9 Å². The van der Waals surface area contributed by atoms with E-state index in [2.05, 4.69) is 242 Å². The Labute approximate surface area is 461 Å². The number of nitrogens with zero attached hydrogens (tertiary/aromatic N) is 9. The van der Waals surface area contributed by atoms with E-state index in [-0.39, 0.29) is 10.8 Å². The number of amidine groups is 8. The third kappa shape index (κ3) is 9.25. The Morgan fingerprint density at radius 1 is 0.307 bits per heavy atom. The summed E-state index contributed by atoms with van der Waals surface area (Å²) in [6.45, 7) is 9.24. The Balaban J connectivity index is 0.000000126. The molecule has 6 aliphatic rings. The van der Waals surface area contributed by atoms with Gasteiger partial charge in [-0.25, -0.2) is 39.9 Å². The monoisotopic (exact) mass is 1170 g/mol. The molecule has 0 N–H and O–H groups in total. The van der Waals surface area contributed by atoms with Crippen LogP contribution in [0.4, 0.5) is 17.1 Å². The van der Waals surface area contributed by atoms with Gasteiger partial charge in [-0.05, 0) is 113 Å². The van der Waals surface area contributed by atoms with E-state index in [1.807, 2.05) is 72.8 Å². The zero-order chi connectivity index (χ0) is 51.4. The van der Waals surface area contributed by atoms with Crippen molar-refractivity contribution in [3.05, 3.63) is 263 Å². The molecule has 0 radical (unpaired) electrons. The molecule has 5 heterocycles. The van der Waals surface area contributed by atoms with Crippen LogP contribution in [0.2, 0.25) is 0 Å². The standard InChI is InChI=1S/C31H22BrN5.C16H8Br2N4.C16H16/c1-31(2)23-7-3-5-9-25(23)37(26-10-6-4-8-24(26)31)22-17-13-20(14-18-22)28-35-29-30(36-28)34-27(33-29)19-11-15-21(32)16-12-19;17-11-5-1-9(2-6-11)13-19-15-16(20-13)22-14(21-15)10-3-7-12(18)8-4-10;1-16(2)14-9-5-3-7-12(14)11-13-8-4-6-10-15(13)16/h3-18H,1-2H3;1-8H;3-10H,11H2,1-2H3. The molecule has 0 bridgehead atoms. The first-order valence-electron chi connectivity index (χ1n) is 24.6. The van der Waals surface area contributed by atoms with Gasteiger partial charge in [0.15, 0.2) is 23.3 Å². The molecule has 8 aromatic carbocycles. The van der Waals surface area contributed by atoms with E-state index in [9.17, 15) is 0 Å². The van der Waals surface area contributed by atoms with Crippen molar-refractivity contribution in [3.63, 3.8) is 0 Å². The van der Waals surface area contributed by atoms with Gasteiger partial charge in [0, 0.05) is 52.2 Å². The van der Waals surface area contributed by atoms with Gasteiger partial charge < -0.3 is 4.90 Å². The van der Waals surface area contributed by atoms with E-state index < -0.39 is 0 Å². The maximum absolute atomic E-state index is 4.67. The summed E-state index contributed by atoms with van der Waals surface area (Å²) in [6, 6.07) is 67.0. The molecule has 0 atom stereocenters. The zero-order valence-electron chi connectivity index (χ0n) is 41.3. The molecule has 0 saturated carbocycles. The van der Waals surface area contributed by atoms with Gasteiger partial charge >= 0.3 is 0 Å². The first kappa shape index (κ1) is 48.3. The van der Waals surface area contributed by atoms with Crippen LogP contribution in [0.15, 0.2) is 247 Å². The largest absolute Gasteiger partial charge is 0.310 e. The Morgan fingerprint density at radius 2 is 0.573 bits per heavy atom. The van der Waals surface area contributed by atoms with Gasteiger partial charge in [0.2, 0.25) is 23.3 Å². The Bertz CT molecular complexity index is 3690. The summed E-state index contributed by atoms with van der Waals surface area (Å²) in [7, 11) is 0. The SMILES string of the molecule is Brc1ccc(C2=NC3=NC(c4ccc(Br)cc4)=NC3=N2)cc1.CC1(C)c2ccccc2Cc2ccccc21.CC1(C)c2ccccc2N(c2ccc(C3=NC4=NC(c5ccc(Br)cc5)=NC4=N3)cc2)c2ccccc21. The lowest BCUT2D eigenvalue weighted by Crippen LogP contribution is -2.30. The molecule has 0 spiro atoms. The number of rotatable bonds is 5. The molecular formula is C63H46Br3N9. The summed E-state index contributed by atoms with van der Waals surface area (Å²) >= 11 is 10.3. The predicted octanol–water partition coefficient (Wildman–Crippen LogP) is 15.7. The van der Waals surface area contributed by atoms with Gasteiger partial charge in [-0.3, -0.25) is 0 Å². The van der Waals surface area contributed by atoms with Gasteiger partial charge in [0.05, 0.1) is 11.4 Å². The van der Waals surface area contributed by atoms with Crippen LogP contribution in [0.3, 0.4) is 0 Å². The molecule has 9 nitrogen and oxygen atoms in total. The number of benzene rings is 8. The van der Waals surface area contributed by atoms with E-state index in [1.54, 1.807) is 0 Å². The highest BCUT2D eigenvalue weighted by atomic mass is 79.9. The van der Waals surface area contributed by atoms with Gasteiger partial charge in [0.25, 0.3) is 0 Å². The molecule has 1 aliphatic carbocycles. The first-order valence-corrected chi connectivity index (χ1v) is 27.0. The topological polar surface area (TPSA) is 102 Å². The van der Waals surface area contributed by atoms with Gasteiger partial charge in [-0.1, -0.05) is 197 Å². The minimum Gasteiger partial charge on any atom is -0.310 e. The first-order chi connectivity index (χ1) is 36.4. The van der Waals surface area contributed by atoms with Crippen LogP contribution < -0.4 is 4.90 Å². The number of anilines is 3. The lowest BCUT2D eigenvalue weighted by molar-refractivity contribution is 0.610. The molecular weight excluding hydrogens is 1120 g/mol. The lowest BCUT2D eigenvalue weighted by atomic mass is 9.69. The molecule has 8 aromatic rings. The van der Waals surface area contributed by atoms with E-state index >= 15 is 0 Å². The van der Waals surface area contributed by atoms with E-state index in [0.717, 1.165) is 47.8 Å². The Hall–Kier alpha value is -7.64. The third-order valence-corrected chi connectivity index (χ3v) is 15.8. The second kappa shape index (κ2) is 19.6. The van der Waals surface area contributed by atoms with Crippen molar-refractivity contribution in [2.24, 2.45) is 39.9 Å². The van der Waals surface area contributed by atoms with Crippen LogP contribution in [0.1, 0.15) is 83.3 Å². The van der Waals surface area contributed by atoms with Crippen LogP contribution in [-0.4, -0.2) is 46.7 Å². The van der Waals surface area contributed by atoms with Crippen LogP contribution in [-0.2, 0) is 17.3 Å². The number of para-hydroxylation sites is 2. The summed E-state index contributed by atoms with van der Waals surface area (Å²) < 4.78 is 3.06. The fourth-order valence-electron chi connectivity index (χ4n) is 10.3. The smallest absolute Gasteiger partial charge is 0.202 e. The normalized spacial score (nSPS) is 16.4. The second-order valence-electron chi connectivity index (χ2n) is 19.7. The number of fused-ring (bicyclic) bond motifs is 6. The highest BCUT2D eigenvalue weighted by Gasteiger charge is 2.37. The summed E-state index contributed by atoms with van der Waals surface area (Å²) in [4.78, 5) is 38.8. The van der Waals surface area contributed by atoms with Crippen molar-refractivity contribution >= 4 is 112 Å². The van der Waals surface area contributed by atoms with Crippen molar-refractivity contribution in [3.8, 4) is 0 Å². The third-order valence-electron chi connectivity index (χ3n) is 14.2. The molecule has 364 valence electrons. The van der Waals surface area contributed by atoms with Crippen molar-refractivity contribution in [1.82, 2.24) is 0 Å². The number of hydrogen-bond acceptors (Lipinski definition) is 9. The highest BCUT2D eigenvalue weighted by molar-refractivity contribution is 9.11. The van der Waals surface area contributed by atoms with Crippen molar-refractivity contribution in [2.75, 3.05) is 4.90 Å². The zero-order valence-corrected chi connectivity index (χ0v) is 46.1. The quantitative estimate of drug-likeness (QED) is 0.168. The molecule has 5 aliphatic heterocycles. The summed E-state index contributed by atoms with van der Waals surface area (Å²) in [5.74, 6) is 4.88. The number of aliphatic imine (C=N–C) groups is 8. The number of halogens is 3. The highest BCUT2D eigenvalue weighted by Crippen LogP contribution is 2.51. The molecule has 75 heavy (non-hydrogen) atoms. The summed E-state index contributed by atoms with van der Waals surface area (Å²) in [5.41, 5.74) is 15.9. The van der Waals surface area contributed by atoms with Crippen LogP contribution in [0, 0.1) is 0 Å². The number of hydrogen-bond donors (Lipinski definition) is 0. The minimum atomic E-state index is -0.0769. The predicted molar refractivity (Wildman–Crippen MR) is 319 cm³/mol. The lowest BCUT2D eigenvalue weighted by Gasteiger charge is -2.42. The maximum Gasteiger partial charge on any atom is 0.202 e. The van der Waals surface area contributed by atoms with Gasteiger partial charge in [-0.2, -0.15) is 0 Å².